The number of piperazine rings is 1. The van der Waals surface area contributed by atoms with Gasteiger partial charge < -0.3 is 9.80 Å². The number of hydrogen-bond donors (Lipinski definition) is 0. The van der Waals surface area contributed by atoms with E-state index in [0.29, 0.717) is 55.4 Å². The molecule has 7 nitrogen and oxygen atoms in total. The fraction of sp³-hybridized carbons (Fsp3) is 0.391. The fourth-order valence-corrected chi connectivity index (χ4v) is 7.16. The zero-order valence-electron chi connectivity index (χ0n) is 18.7. The largest absolute Gasteiger partial charge is 0.345 e. The van der Waals surface area contributed by atoms with Crippen LogP contribution in [0.3, 0.4) is 0 Å². The van der Waals surface area contributed by atoms with Crippen molar-refractivity contribution in [2.75, 3.05) is 44.2 Å². The molecule has 0 N–H and O–H groups in total. The van der Waals surface area contributed by atoms with E-state index in [2.05, 4.69) is 4.98 Å². The monoisotopic (exact) mass is 524 g/mol. The number of hydrogen-bond acceptors (Lipinski definition) is 6. The van der Waals surface area contributed by atoms with Gasteiger partial charge in [0.1, 0.15) is 17.2 Å². The number of amides is 1. The molecule has 2 fully saturated rings. The third-order valence-electron chi connectivity index (χ3n) is 6.45. The van der Waals surface area contributed by atoms with Gasteiger partial charge >= 0.3 is 0 Å². The lowest BCUT2D eigenvalue weighted by Crippen LogP contribution is -2.53. The number of anilines is 1. The molecular formula is C23H23F3N4O3S2. The molecule has 1 atom stereocenters. The maximum Gasteiger partial charge on any atom is 0.243 e. The van der Waals surface area contributed by atoms with E-state index < -0.39 is 33.4 Å². The highest BCUT2D eigenvalue weighted by Gasteiger charge is 2.36. The molecule has 3 heterocycles. The number of benzene rings is 2. The van der Waals surface area contributed by atoms with E-state index >= 15 is 0 Å². The van der Waals surface area contributed by atoms with Gasteiger partial charge in [0.15, 0.2) is 10.9 Å². The number of carbonyl (C=O) groups excluding carboxylic acids is 1. The van der Waals surface area contributed by atoms with Crippen molar-refractivity contribution in [1.82, 2.24) is 14.2 Å². The summed E-state index contributed by atoms with van der Waals surface area (Å²) < 4.78 is 68.4. The van der Waals surface area contributed by atoms with Crippen molar-refractivity contribution >= 4 is 42.6 Å². The van der Waals surface area contributed by atoms with Crippen LogP contribution in [0.1, 0.15) is 12.8 Å². The van der Waals surface area contributed by atoms with E-state index in [0.717, 1.165) is 18.2 Å². The first-order chi connectivity index (χ1) is 16.7. The van der Waals surface area contributed by atoms with Crippen LogP contribution >= 0.6 is 11.3 Å². The van der Waals surface area contributed by atoms with Gasteiger partial charge in [0.05, 0.1) is 15.5 Å². The quantitative estimate of drug-likeness (QED) is 0.523. The minimum absolute atomic E-state index is 0.00719. The summed E-state index contributed by atoms with van der Waals surface area (Å²) in [7, 11) is -3.82. The van der Waals surface area contributed by atoms with Gasteiger partial charge in [-0.2, -0.15) is 4.31 Å². The second kappa shape index (κ2) is 9.40. The van der Waals surface area contributed by atoms with Gasteiger partial charge in [0, 0.05) is 45.3 Å². The molecule has 1 aromatic heterocycles. The number of thiazole rings is 1. The van der Waals surface area contributed by atoms with Crippen molar-refractivity contribution in [3.05, 3.63) is 53.8 Å². The molecule has 2 aliphatic rings. The first-order valence-electron chi connectivity index (χ1n) is 11.3. The Kier molecular flexibility index (Phi) is 6.45. The normalized spacial score (nSPS) is 19.9. The Labute approximate surface area is 204 Å². The van der Waals surface area contributed by atoms with E-state index in [1.54, 1.807) is 4.90 Å². The Morgan fingerprint density at radius 1 is 0.971 bits per heavy atom. The highest BCUT2D eigenvalue weighted by molar-refractivity contribution is 7.89. The minimum atomic E-state index is -3.82. The molecule has 0 spiro atoms. The molecule has 1 unspecified atom stereocenters. The molecular weight excluding hydrogens is 501 g/mol. The molecule has 2 saturated heterocycles. The van der Waals surface area contributed by atoms with Crippen molar-refractivity contribution < 1.29 is 26.4 Å². The van der Waals surface area contributed by atoms with Crippen LogP contribution in [0.4, 0.5) is 18.3 Å². The van der Waals surface area contributed by atoms with Crippen molar-refractivity contribution in [3.8, 4) is 0 Å². The van der Waals surface area contributed by atoms with Crippen LogP contribution in [0.15, 0.2) is 41.3 Å². The van der Waals surface area contributed by atoms with Crippen molar-refractivity contribution in [2.24, 2.45) is 5.92 Å². The summed E-state index contributed by atoms with van der Waals surface area (Å²) >= 11 is 1.21. The zero-order chi connectivity index (χ0) is 24.7. The Balaban J connectivity index is 1.23. The Bertz CT molecular complexity index is 1360. The summed E-state index contributed by atoms with van der Waals surface area (Å²) in [5.74, 6) is -2.42. The van der Waals surface area contributed by atoms with Crippen LogP contribution < -0.4 is 4.90 Å². The molecule has 186 valence electrons. The average molecular weight is 525 g/mol. The number of halogens is 3. The van der Waals surface area contributed by atoms with Crippen LogP contribution in [0.2, 0.25) is 0 Å². The number of fused-ring (bicyclic) bond motifs is 1. The van der Waals surface area contributed by atoms with Crippen LogP contribution in [0.5, 0.6) is 0 Å². The average Bonchev–Trinajstić information content (AvgIpc) is 3.28. The number of nitrogens with zero attached hydrogens (tertiary/aromatic N) is 4. The molecule has 12 heteroatoms. The number of rotatable bonds is 4. The lowest BCUT2D eigenvalue weighted by atomic mass is 9.98. The molecule has 0 aliphatic carbocycles. The Hall–Kier alpha value is -2.70. The lowest BCUT2D eigenvalue weighted by Gasteiger charge is -2.38. The van der Waals surface area contributed by atoms with Gasteiger partial charge in [-0.25, -0.2) is 26.6 Å². The number of sulfonamides is 1. The van der Waals surface area contributed by atoms with Crippen LogP contribution in [0, 0.1) is 23.4 Å². The molecule has 0 bridgehead atoms. The van der Waals surface area contributed by atoms with Crippen LogP contribution in [0.25, 0.3) is 10.2 Å². The number of carbonyl (C=O) groups is 1. The molecule has 5 rings (SSSR count). The first-order valence-corrected chi connectivity index (χ1v) is 13.5. The maximum absolute atomic E-state index is 14.0. The molecule has 2 aliphatic heterocycles. The van der Waals surface area contributed by atoms with E-state index in [9.17, 15) is 26.4 Å². The predicted octanol–water partition coefficient (Wildman–Crippen LogP) is 3.46. The van der Waals surface area contributed by atoms with E-state index in [4.69, 9.17) is 0 Å². The molecule has 0 radical (unpaired) electrons. The highest BCUT2D eigenvalue weighted by atomic mass is 32.2. The zero-order valence-corrected chi connectivity index (χ0v) is 20.3. The Morgan fingerprint density at radius 3 is 2.40 bits per heavy atom. The van der Waals surface area contributed by atoms with Crippen LogP contribution in [-0.4, -0.2) is 67.8 Å². The van der Waals surface area contributed by atoms with Crippen molar-refractivity contribution in [3.63, 3.8) is 0 Å². The smallest absolute Gasteiger partial charge is 0.243 e. The van der Waals surface area contributed by atoms with E-state index in [-0.39, 0.29) is 22.9 Å². The predicted molar refractivity (Wildman–Crippen MR) is 126 cm³/mol. The van der Waals surface area contributed by atoms with Gasteiger partial charge in [-0.3, -0.25) is 4.79 Å². The summed E-state index contributed by atoms with van der Waals surface area (Å²) in [6.45, 7) is 2.22. The van der Waals surface area contributed by atoms with Crippen LogP contribution in [-0.2, 0) is 14.8 Å². The van der Waals surface area contributed by atoms with Gasteiger partial charge in [-0.05, 0) is 43.2 Å². The molecule has 35 heavy (non-hydrogen) atoms. The summed E-state index contributed by atoms with van der Waals surface area (Å²) in [5, 5.41) is 0.575. The Morgan fingerprint density at radius 2 is 1.69 bits per heavy atom. The number of aromatic nitrogens is 1. The summed E-state index contributed by atoms with van der Waals surface area (Å²) in [6, 6.07) is 6.75. The molecule has 0 saturated carbocycles. The van der Waals surface area contributed by atoms with Crippen molar-refractivity contribution in [1.29, 1.82) is 0 Å². The SMILES string of the molecule is O=C(C1CCCN(S(=O)(=O)c2ccc(F)cc2)C1)N1CCN(c2nc3c(F)cc(F)cc3s2)CC1. The van der Waals surface area contributed by atoms with Gasteiger partial charge in [-0.1, -0.05) is 11.3 Å². The minimum Gasteiger partial charge on any atom is -0.345 e. The standard InChI is InChI=1S/C23H23F3N4O3S2/c24-16-3-5-18(6-4-16)35(32,33)30-7-1-2-15(14-30)22(31)28-8-10-29(11-9-28)23-27-21-19(26)12-17(25)13-20(21)34-23/h3-6,12-13,15H,1-2,7-11,14H2. The van der Waals surface area contributed by atoms with E-state index in [1.807, 2.05) is 4.90 Å². The second-order valence-corrected chi connectivity index (χ2v) is 11.6. The topological polar surface area (TPSA) is 73.8 Å². The summed E-state index contributed by atoms with van der Waals surface area (Å²) in [5.41, 5.74) is 0.134. The molecule has 2 aromatic carbocycles. The van der Waals surface area contributed by atoms with Crippen molar-refractivity contribution in [2.45, 2.75) is 17.7 Å². The third kappa shape index (κ3) is 4.74. The molecule has 1 amide bonds. The summed E-state index contributed by atoms with van der Waals surface area (Å²) in [4.78, 5) is 21.2. The highest BCUT2D eigenvalue weighted by Crippen LogP contribution is 2.32. The summed E-state index contributed by atoms with van der Waals surface area (Å²) in [6.07, 6.45) is 1.15. The maximum atomic E-state index is 14.0. The van der Waals surface area contributed by atoms with E-state index in [1.165, 1.54) is 33.8 Å². The van der Waals surface area contributed by atoms with Gasteiger partial charge in [0.25, 0.3) is 0 Å². The third-order valence-corrected chi connectivity index (χ3v) is 9.39. The lowest BCUT2D eigenvalue weighted by molar-refractivity contribution is -0.137. The number of piperidine rings is 1. The second-order valence-electron chi connectivity index (χ2n) is 8.70. The fourth-order valence-electron chi connectivity index (χ4n) is 4.58. The van der Waals surface area contributed by atoms with Gasteiger partial charge in [-0.15, -0.1) is 0 Å². The first kappa shape index (κ1) is 24.0. The van der Waals surface area contributed by atoms with Gasteiger partial charge in [0.2, 0.25) is 15.9 Å². The molecule has 3 aromatic rings.